The van der Waals surface area contributed by atoms with Crippen LogP contribution in [-0.4, -0.2) is 0 Å². The smallest absolute Gasteiger partial charge is 0.135 e. The highest BCUT2D eigenvalue weighted by atomic mass is 16.3. The van der Waals surface area contributed by atoms with E-state index in [0.29, 0.717) is 0 Å². The first-order valence-electron chi connectivity index (χ1n) is 19.8. The lowest BCUT2D eigenvalue weighted by Crippen LogP contribution is -2.28. The van der Waals surface area contributed by atoms with Crippen molar-refractivity contribution >= 4 is 60.9 Å². The van der Waals surface area contributed by atoms with Crippen molar-refractivity contribution < 1.29 is 8.83 Å². The van der Waals surface area contributed by atoms with Gasteiger partial charge in [0.1, 0.15) is 22.3 Å². The van der Waals surface area contributed by atoms with Crippen LogP contribution in [0.1, 0.15) is 22.3 Å². The number of benzene rings is 9. The summed E-state index contributed by atoms with van der Waals surface area (Å²) in [6.45, 7) is 0. The summed E-state index contributed by atoms with van der Waals surface area (Å²) < 4.78 is 13.1. The Morgan fingerprint density at radius 3 is 1.50 bits per heavy atom. The van der Waals surface area contributed by atoms with Gasteiger partial charge < -0.3 is 13.7 Å². The molecule has 272 valence electrons. The molecule has 3 heteroatoms. The molecule has 0 spiro atoms. The average molecular weight is 742 g/mol. The minimum atomic E-state index is -0.495. The summed E-state index contributed by atoms with van der Waals surface area (Å²) in [4.78, 5) is 2.34. The molecule has 0 unspecified atom stereocenters. The van der Waals surface area contributed by atoms with Gasteiger partial charge in [-0.3, -0.25) is 0 Å². The van der Waals surface area contributed by atoms with E-state index in [4.69, 9.17) is 8.83 Å². The van der Waals surface area contributed by atoms with E-state index in [1.54, 1.807) is 0 Å². The van der Waals surface area contributed by atoms with Crippen molar-refractivity contribution in [3.05, 3.63) is 235 Å². The van der Waals surface area contributed by atoms with Crippen molar-refractivity contribution in [2.24, 2.45) is 0 Å². The minimum absolute atomic E-state index is 0.495. The highest BCUT2D eigenvalue weighted by Gasteiger charge is 2.46. The van der Waals surface area contributed by atoms with Crippen LogP contribution in [0.15, 0.2) is 221 Å². The number of hydrogen-bond donors (Lipinski definition) is 0. The standard InChI is InChI=1S/C55H35NO2/c1-4-14-36(15-5-1)37-24-26-40(27-25-37)56(41-28-30-52-46(32-41)44-21-11-13-23-51(44)57-52)42-29-31-53-47(33-42)48-34-45-43-20-10-12-22-49(43)55(38-16-6-2-7-17-38,39-18-8-3-9-19-39)50(45)35-54(48)58-53/h1-35H. The van der Waals surface area contributed by atoms with Gasteiger partial charge in [0.15, 0.2) is 0 Å². The molecule has 9 aromatic carbocycles. The van der Waals surface area contributed by atoms with Crippen molar-refractivity contribution in [2.45, 2.75) is 5.41 Å². The van der Waals surface area contributed by atoms with E-state index in [9.17, 15) is 0 Å². The van der Waals surface area contributed by atoms with Gasteiger partial charge in [0, 0.05) is 38.6 Å². The molecule has 11 aromatic rings. The van der Waals surface area contributed by atoms with Crippen molar-refractivity contribution in [2.75, 3.05) is 4.90 Å². The zero-order valence-corrected chi connectivity index (χ0v) is 31.5. The van der Waals surface area contributed by atoms with Crippen LogP contribution < -0.4 is 4.90 Å². The molecule has 58 heavy (non-hydrogen) atoms. The maximum atomic E-state index is 6.82. The van der Waals surface area contributed by atoms with Crippen molar-refractivity contribution in [3.8, 4) is 22.3 Å². The molecular formula is C55H35NO2. The van der Waals surface area contributed by atoms with Crippen LogP contribution in [0.2, 0.25) is 0 Å². The molecule has 3 nitrogen and oxygen atoms in total. The Hall–Kier alpha value is -7.62. The normalized spacial score (nSPS) is 13.0. The summed E-state index contributed by atoms with van der Waals surface area (Å²) in [6, 6.07) is 76.2. The predicted molar refractivity (Wildman–Crippen MR) is 238 cm³/mol. The summed E-state index contributed by atoms with van der Waals surface area (Å²) in [6.07, 6.45) is 0. The second-order valence-corrected chi connectivity index (χ2v) is 15.2. The van der Waals surface area contributed by atoms with Crippen LogP contribution >= 0.6 is 0 Å². The molecule has 0 saturated heterocycles. The SMILES string of the molecule is c1ccc(-c2ccc(N(c3ccc4oc5ccccc5c4c3)c3ccc4oc5cc6c(cc5c4c3)-c3ccccc3C6(c3ccccc3)c3ccccc3)cc2)cc1. The summed E-state index contributed by atoms with van der Waals surface area (Å²) in [7, 11) is 0. The molecule has 0 atom stereocenters. The van der Waals surface area contributed by atoms with E-state index in [-0.39, 0.29) is 0 Å². The molecule has 2 aromatic heterocycles. The van der Waals surface area contributed by atoms with Gasteiger partial charge in [0.25, 0.3) is 0 Å². The van der Waals surface area contributed by atoms with Gasteiger partial charge >= 0.3 is 0 Å². The van der Waals surface area contributed by atoms with Crippen LogP contribution in [0.3, 0.4) is 0 Å². The van der Waals surface area contributed by atoms with Gasteiger partial charge in [-0.2, -0.15) is 0 Å². The second-order valence-electron chi connectivity index (χ2n) is 15.2. The molecule has 0 radical (unpaired) electrons. The fourth-order valence-corrected chi connectivity index (χ4v) is 9.57. The van der Waals surface area contributed by atoms with E-state index >= 15 is 0 Å². The van der Waals surface area contributed by atoms with E-state index in [2.05, 4.69) is 205 Å². The van der Waals surface area contributed by atoms with Crippen molar-refractivity contribution in [1.82, 2.24) is 0 Å². The molecule has 0 amide bonds. The third-order valence-corrected chi connectivity index (χ3v) is 12.1. The summed E-state index contributed by atoms with van der Waals surface area (Å²) in [5, 5.41) is 4.36. The van der Waals surface area contributed by atoms with Crippen LogP contribution in [-0.2, 0) is 5.41 Å². The highest BCUT2D eigenvalue weighted by molar-refractivity contribution is 6.10. The topological polar surface area (TPSA) is 29.5 Å². The molecular weight excluding hydrogens is 707 g/mol. The van der Waals surface area contributed by atoms with E-state index < -0.39 is 5.41 Å². The zero-order valence-electron chi connectivity index (χ0n) is 31.5. The summed E-state index contributed by atoms with van der Waals surface area (Å²) in [5.74, 6) is 0. The van der Waals surface area contributed by atoms with Crippen molar-refractivity contribution in [1.29, 1.82) is 0 Å². The van der Waals surface area contributed by atoms with Crippen LogP contribution in [0.25, 0.3) is 66.1 Å². The third-order valence-electron chi connectivity index (χ3n) is 12.1. The summed E-state index contributed by atoms with van der Waals surface area (Å²) >= 11 is 0. The molecule has 12 rings (SSSR count). The first-order valence-corrected chi connectivity index (χ1v) is 19.8. The number of fused-ring (bicyclic) bond motifs is 9. The van der Waals surface area contributed by atoms with E-state index in [0.717, 1.165) is 60.9 Å². The molecule has 0 aliphatic heterocycles. The number of furan rings is 2. The fourth-order valence-electron chi connectivity index (χ4n) is 9.57. The number of para-hydroxylation sites is 1. The molecule has 2 heterocycles. The second kappa shape index (κ2) is 12.7. The lowest BCUT2D eigenvalue weighted by Gasteiger charge is -2.33. The zero-order chi connectivity index (χ0) is 38.2. The van der Waals surface area contributed by atoms with Gasteiger partial charge in [-0.1, -0.05) is 146 Å². The highest BCUT2D eigenvalue weighted by Crippen LogP contribution is 2.57. The molecule has 0 saturated carbocycles. The van der Waals surface area contributed by atoms with Crippen LogP contribution in [0.4, 0.5) is 17.1 Å². The Morgan fingerprint density at radius 1 is 0.310 bits per heavy atom. The predicted octanol–water partition coefficient (Wildman–Crippen LogP) is 15.0. The van der Waals surface area contributed by atoms with Gasteiger partial charge in [0.2, 0.25) is 0 Å². The Bertz CT molecular complexity index is 3290. The first kappa shape index (κ1) is 32.6. The maximum Gasteiger partial charge on any atom is 0.135 e. The molecule has 0 N–H and O–H groups in total. The number of nitrogens with zero attached hydrogens (tertiary/aromatic N) is 1. The Balaban J connectivity index is 1.07. The Kier molecular flexibility index (Phi) is 7.14. The fraction of sp³-hybridized carbons (Fsp3) is 0.0182. The molecule has 0 fully saturated rings. The number of hydrogen-bond acceptors (Lipinski definition) is 3. The lowest BCUT2D eigenvalue weighted by atomic mass is 9.67. The first-order chi connectivity index (χ1) is 28.7. The van der Waals surface area contributed by atoms with Crippen molar-refractivity contribution in [3.63, 3.8) is 0 Å². The third kappa shape index (κ3) is 4.80. The molecule has 1 aliphatic rings. The molecule has 1 aliphatic carbocycles. The lowest BCUT2D eigenvalue weighted by molar-refractivity contribution is 0.666. The minimum Gasteiger partial charge on any atom is -0.456 e. The van der Waals surface area contributed by atoms with Crippen LogP contribution in [0.5, 0.6) is 0 Å². The van der Waals surface area contributed by atoms with Gasteiger partial charge in [0.05, 0.1) is 5.41 Å². The van der Waals surface area contributed by atoms with E-state index in [1.807, 2.05) is 12.1 Å². The monoisotopic (exact) mass is 741 g/mol. The Labute approximate surface area is 335 Å². The number of rotatable bonds is 6. The molecule has 0 bridgehead atoms. The quantitative estimate of drug-likeness (QED) is 0.170. The number of anilines is 3. The summed E-state index contributed by atoms with van der Waals surface area (Å²) in [5.41, 5.74) is 16.0. The average Bonchev–Trinajstić information content (AvgIpc) is 3.94. The van der Waals surface area contributed by atoms with Crippen LogP contribution in [0, 0.1) is 0 Å². The Morgan fingerprint density at radius 2 is 0.810 bits per heavy atom. The maximum absolute atomic E-state index is 6.82. The van der Waals surface area contributed by atoms with Gasteiger partial charge in [-0.15, -0.1) is 0 Å². The van der Waals surface area contributed by atoms with Gasteiger partial charge in [-0.25, -0.2) is 0 Å². The largest absolute Gasteiger partial charge is 0.456 e. The van der Waals surface area contributed by atoms with Gasteiger partial charge in [-0.05, 0) is 111 Å². The van der Waals surface area contributed by atoms with E-state index in [1.165, 1.54) is 44.5 Å².